The van der Waals surface area contributed by atoms with Crippen LogP contribution in [-0.2, 0) is 21.3 Å². The molecule has 0 spiro atoms. The number of nitrogens with one attached hydrogen (secondary N) is 1. The molecule has 53 heavy (non-hydrogen) atoms. The summed E-state index contributed by atoms with van der Waals surface area (Å²) in [6, 6.07) is 12.0. The number of hydrogen-bond donors (Lipinski definition) is 1. The number of hydrogen-bond acceptors (Lipinski definition) is 7. The number of imidazole rings is 1. The molecule has 2 aromatic carbocycles. The lowest BCUT2D eigenvalue weighted by Crippen LogP contribution is -2.50. The first-order chi connectivity index (χ1) is 25.3. The lowest BCUT2D eigenvalue weighted by molar-refractivity contribution is -0.0765. The van der Waals surface area contributed by atoms with E-state index in [4.69, 9.17) is 14.5 Å². The predicted molar refractivity (Wildman–Crippen MR) is 206 cm³/mol. The molecule has 11 nitrogen and oxygen atoms in total. The number of morpholine rings is 1. The van der Waals surface area contributed by atoms with Crippen LogP contribution in [0, 0.1) is 0 Å². The van der Waals surface area contributed by atoms with Crippen LogP contribution in [0.1, 0.15) is 122 Å². The lowest BCUT2D eigenvalue weighted by Gasteiger charge is -2.38. The van der Waals surface area contributed by atoms with E-state index in [2.05, 4.69) is 32.1 Å². The van der Waals surface area contributed by atoms with Gasteiger partial charge in [0.2, 0.25) is 10.0 Å². The SMILES string of the molecule is COc1ccc2c(c1)C=C(c1c(C(=O)N3CCOC(C)(C)C3)ncn1C1CC1)Cn1c-2c(C2CCCCC2)c2ccc(C(=O)NS(=O)(=O)C(C)C)cc21. The summed E-state index contributed by atoms with van der Waals surface area (Å²) in [5, 5.41) is 0.302. The van der Waals surface area contributed by atoms with Crippen molar-refractivity contribution < 1.29 is 27.5 Å². The Balaban J connectivity index is 1.34. The Kier molecular flexibility index (Phi) is 9.04. The van der Waals surface area contributed by atoms with Crippen molar-refractivity contribution in [3.8, 4) is 17.0 Å². The van der Waals surface area contributed by atoms with Crippen LogP contribution in [0.4, 0.5) is 0 Å². The Morgan fingerprint density at radius 1 is 1.02 bits per heavy atom. The molecule has 1 saturated heterocycles. The molecular formula is C41H49N5O6S. The van der Waals surface area contributed by atoms with Gasteiger partial charge in [0.1, 0.15) is 5.75 Å². The molecule has 4 aliphatic rings. The maximum Gasteiger partial charge on any atom is 0.274 e. The molecule has 2 amide bonds. The highest BCUT2D eigenvalue weighted by molar-refractivity contribution is 7.90. The van der Waals surface area contributed by atoms with E-state index in [-0.39, 0.29) is 17.5 Å². The van der Waals surface area contributed by atoms with Gasteiger partial charge >= 0.3 is 0 Å². The van der Waals surface area contributed by atoms with Gasteiger partial charge < -0.3 is 23.5 Å². The van der Waals surface area contributed by atoms with Gasteiger partial charge in [0.05, 0.1) is 48.8 Å². The average Bonchev–Trinajstić information content (AvgIpc) is 3.84. The first kappa shape index (κ1) is 35.6. The Morgan fingerprint density at radius 3 is 2.49 bits per heavy atom. The normalized spacial score (nSPS) is 19.1. The van der Waals surface area contributed by atoms with Gasteiger partial charge in [-0.3, -0.25) is 9.59 Å². The van der Waals surface area contributed by atoms with Crippen molar-refractivity contribution in [2.75, 3.05) is 26.8 Å². The summed E-state index contributed by atoms with van der Waals surface area (Å²) in [5.41, 5.74) is 7.20. The minimum absolute atomic E-state index is 0.113. The second-order valence-corrected chi connectivity index (χ2v) is 18.2. The number of amides is 2. The van der Waals surface area contributed by atoms with E-state index >= 15 is 0 Å². The van der Waals surface area contributed by atoms with E-state index in [0.717, 1.165) is 83.3 Å². The van der Waals surface area contributed by atoms with E-state index in [1.165, 1.54) is 12.0 Å². The van der Waals surface area contributed by atoms with Gasteiger partial charge in [0, 0.05) is 41.2 Å². The summed E-state index contributed by atoms with van der Waals surface area (Å²) in [7, 11) is -2.17. The molecule has 2 aliphatic carbocycles. The van der Waals surface area contributed by atoms with Crippen LogP contribution in [0.15, 0.2) is 42.7 Å². The number of benzene rings is 2. The van der Waals surface area contributed by atoms with Crippen molar-refractivity contribution in [1.29, 1.82) is 0 Å². The first-order valence-corrected chi connectivity index (χ1v) is 20.5. The Morgan fingerprint density at radius 2 is 1.79 bits per heavy atom. The molecule has 8 rings (SSSR count). The Hall–Kier alpha value is -4.42. The third kappa shape index (κ3) is 6.58. The fourth-order valence-corrected chi connectivity index (χ4v) is 9.05. The van der Waals surface area contributed by atoms with E-state index in [1.54, 1.807) is 27.0 Å². The highest BCUT2D eigenvalue weighted by Crippen LogP contribution is 2.49. The molecule has 0 radical (unpaired) electrons. The number of sulfonamides is 1. The zero-order chi connectivity index (χ0) is 37.2. The van der Waals surface area contributed by atoms with Gasteiger partial charge in [0.15, 0.2) is 5.69 Å². The first-order valence-electron chi connectivity index (χ1n) is 19.0. The number of rotatable bonds is 8. The van der Waals surface area contributed by atoms with Crippen LogP contribution in [0.5, 0.6) is 5.75 Å². The number of nitrogens with zero attached hydrogens (tertiary/aromatic N) is 4. The summed E-state index contributed by atoms with van der Waals surface area (Å²) >= 11 is 0. The number of carbonyl (C=O) groups is 2. The van der Waals surface area contributed by atoms with Crippen LogP contribution in [0.25, 0.3) is 33.8 Å². The Bertz CT molecular complexity index is 2250. The van der Waals surface area contributed by atoms with Gasteiger partial charge in [-0.25, -0.2) is 18.1 Å². The Labute approximate surface area is 311 Å². The van der Waals surface area contributed by atoms with Crippen LogP contribution in [0.3, 0.4) is 0 Å². The summed E-state index contributed by atoms with van der Waals surface area (Å²) in [5.74, 6) is 0.283. The van der Waals surface area contributed by atoms with Crippen molar-refractivity contribution in [2.45, 2.75) is 102 Å². The van der Waals surface area contributed by atoms with E-state index in [0.29, 0.717) is 37.9 Å². The fourth-order valence-electron chi connectivity index (χ4n) is 8.44. The number of allylic oxidation sites excluding steroid dienone is 1. The van der Waals surface area contributed by atoms with Crippen molar-refractivity contribution in [3.63, 3.8) is 0 Å². The van der Waals surface area contributed by atoms with Crippen LogP contribution in [0.2, 0.25) is 0 Å². The molecule has 2 aliphatic heterocycles. The second-order valence-electron chi connectivity index (χ2n) is 16.0. The number of ether oxygens (including phenoxy) is 2. The van der Waals surface area contributed by atoms with E-state index in [1.807, 2.05) is 43.3 Å². The smallest absolute Gasteiger partial charge is 0.274 e. The zero-order valence-corrected chi connectivity index (χ0v) is 32.1. The molecule has 12 heteroatoms. The summed E-state index contributed by atoms with van der Waals surface area (Å²) in [4.78, 5) is 34.6. The number of carbonyl (C=O) groups excluding carboxylic acids is 2. The third-order valence-electron chi connectivity index (χ3n) is 11.4. The van der Waals surface area contributed by atoms with Crippen molar-refractivity contribution >= 4 is 44.4 Å². The van der Waals surface area contributed by atoms with Crippen LogP contribution < -0.4 is 9.46 Å². The molecule has 2 saturated carbocycles. The van der Waals surface area contributed by atoms with Gasteiger partial charge in [0.25, 0.3) is 11.8 Å². The highest BCUT2D eigenvalue weighted by atomic mass is 32.2. The summed E-state index contributed by atoms with van der Waals surface area (Å²) < 4.78 is 44.0. The monoisotopic (exact) mass is 739 g/mol. The highest BCUT2D eigenvalue weighted by Gasteiger charge is 2.37. The quantitative estimate of drug-likeness (QED) is 0.203. The standard InChI is InChI=1S/C41H49N5O6S/c1-25(2)53(49,50)43-39(47)27-11-15-33-34(21-27)45-22-29(19-28-20-31(51-5)14-16-32(28)38(45)35(33)26-9-7-6-8-10-26)37-36(42-24-46(37)30-12-13-30)40(48)44-17-18-52-41(3,4)23-44/h11,14-16,19-21,24-26,30H,6-10,12-13,17-18,22-23H2,1-5H3,(H,43,47). The van der Waals surface area contributed by atoms with Gasteiger partial charge in [-0.05, 0) is 112 Å². The van der Waals surface area contributed by atoms with Gasteiger partial charge in [-0.1, -0.05) is 25.3 Å². The van der Waals surface area contributed by atoms with Crippen LogP contribution >= 0.6 is 0 Å². The topological polar surface area (TPSA) is 125 Å². The summed E-state index contributed by atoms with van der Waals surface area (Å²) in [6.45, 7) is 8.94. The van der Waals surface area contributed by atoms with Crippen molar-refractivity contribution in [2.24, 2.45) is 0 Å². The number of aromatic nitrogens is 3. The molecule has 0 unspecified atom stereocenters. The van der Waals surface area contributed by atoms with E-state index in [9.17, 15) is 18.0 Å². The van der Waals surface area contributed by atoms with Crippen molar-refractivity contribution in [3.05, 3.63) is 70.8 Å². The second kappa shape index (κ2) is 13.5. The molecule has 3 fully saturated rings. The minimum atomic E-state index is -3.84. The molecule has 0 atom stereocenters. The molecule has 4 aromatic rings. The number of methoxy groups -OCH3 is 1. The van der Waals surface area contributed by atoms with Gasteiger partial charge in [-0.2, -0.15) is 0 Å². The van der Waals surface area contributed by atoms with Gasteiger partial charge in [-0.15, -0.1) is 0 Å². The summed E-state index contributed by atoms with van der Waals surface area (Å²) in [6.07, 6.45) is 11.7. The van der Waals surface area contributed by atoms with Crippen molar-refractivity contribution in [1.82, 2.24) is 23.7 Å². The maximum absolute atomic E-state index is 14.4. The lowest BCUT2D eigenvalue weighted by atomic mass is 9.81. The minimum Gasteiger partial charge on any atom is -0.497 e. The molecule has 280 valence electrons. The number of fused-ring (bicyclic) bond motifs is 5. The molecule has 0 bridgehead atoms. The maximum atomic E-state index is 14.4. The molecule has 4 heterocycles. The molecular weight excluding hydrogens is 691 g/mol. The zero-order valence-electron chi connectivity index (χ0n) is 31.3. The largest absolute Gasteiger partial charge is 0.497 e. The predicted octanol–water partition coefficient (Wildman–Crippen LogP) is 7.17. The van der Waals surface area contributed by atoms with Crippen LogP contribution in [-0.4, -0.2) is 76.9 Å². The molecule has 1 N–H and O–H groups in total. The fraction of sp³-hybridized carbons (Fsp3) is 0.488. The third-order valence-corrected chi connectivity index (χ3v) is 13.1. The average molecular weight is 740 g/mol. The molecule has 2 aromatic heterocycles. The van der Waals surface area contributed by atoms with E-state index < -0.39 is 26.8 Å².